The molecule has 0 saturated carbocycles. The summed E-state index contributed by atoms with van der Waals surface area (Å²) in [6, 6.07) is 12.1. The maximum absolute atomic E-state index is 13.6. The molecule has 0 aromatic heterocycles. The van der Waals surface area contributed by atoms with E-state index >= 15 is 0 Å². The largest absolute Gasteiger partial charge is 0.333 e. The van der Waals surface area contributed by atoms with E-state index < -0.39 is 5.82 Å². The summed E-state index contributed by atoms with van der Waals surface area (Å²) in [7, 11) is 0. The summed E-state index contributed by atoms with van der Waals surface area (Å²) in [5, 5.41) is 5.13. The van der Waals surface area contributed by atoms with Gasteiger partial charge in [0.25, 0.3) is 5.91 Å². The summed E-state index contributed by atoms with van der Waals surface area (Å²) in [5.41, 5.74) is 1.26. The number of benzene rings is 2. The lowest BCUT2D eigenvalue weighted by Crippen LogP contribution is -2.86. The van der Waals surface area contributed by atoms with Gasteiger partial charge in [0.15, 0.2) is 6.54 Å². The molecule has 3 nitrogen and oxygen atoms in total. The summed E-state index contributed by atoms with van der Waals surface area (Å²) in [6.07, 6.45) is 0. The molecular weight excluding hydrogens is 371 g/mol. The smallest absolute Gasteiger partial charge is 0.279 e. The van der Waals surface area contributed by atoms with E-state index in [9.17, 15) is 9.18 Å². The fraction of sp³-hybridized carbons (Fsp3) is 0.188. The van der Waals surface area contributed by atoms with E-state index in [1.165, 1.54) is 12.1 Å². The number of carbonyl (C=O) groups is 1. The van der Waals surface area contributed by atoms with Crippen LogP contribution < -0.4 is 10.6 Å². The summed E-state index contributed by atoms with van der Waals surface area (Å²) in [6.45, 7) is 2.20. The van der Waals surface area contributed by atoms with Gasteiger partial charge < -0.3 is 10.6 Å². The van der Waals surface area contributed by atoms with E-state index in [1.54, 1.807) is 6.07 Å². The summed E-state index contributed by atoms with van der Waals surface area (Å²) in [5.74, 6) is -0.712. The molecule has 0 aliphatic carbocycles. The van der Waals surface area contributed by atoms with E-state index in [-0.39, 0.29) is 24.2 Å². The highest BCUT2D eigenvalue weighted by Gasteiger charge is 2.13. The molecule has 2 aromatic rings. The van der Waals surface area contributed by atoms with Crippen LogP contribution in [0.4, 0.5) is 10.1 Å². The quantitative estimate of drug-likeness (QED) is 0.811. The van der Waals surface area contributed by atoms with Gasteiger partial charge in [-0.3, -0.25) is 4.79 Å². The first-order chi connectivity index (χ1) is 10.5. The monoisotopic (exact) mass is 385 g/mol. The molecule has 0 spiro atoms. The third kappa shape index (κ3) is 4.80. The maximum atomic E-state index is 13.6. The lowest BCUT2D eigenvalue weighted by Gasteiger charge is -2.11. The Morgan fingerprint density at radius 3 is 2.64 bits per heavy atom. The Morgan fingerprint density at radius 2 is 2.00 bits per heavy atom. The summed E-state index contributed by atoms with van der Waals surface area (Å²) >= 11 is 9.02. The van der Waals surface area contributed by atoms with Crippen molar-refractivity contribution in [2.75, 3.05) is 11.9 Å². The average Bonchev–Trinajstić information content (AvgIpc) is 2.48. The van der Waals surface area contributed by atoms with Crippen LogP contribution in [-0.4, -0.2) is 12.5 Å². The van der Waals surface area contributed by atoms with Gasteiger partial charge in [-0.05, 0) is 37.3 Å². The number of amides is 1. The minimum absolute atomic E-state index is 0.109. The van der Waals surface area contributed by atoms with Gasteiger partial charge in [-0.1, -0.05) is 39.7 Å². The second-order valence-corrected chi connectivity index (χ2v) is 6.30. The van der Waals surface area contributed by atoms with Crippen LogP contribution >= 0.6 is 27.5 Å². The zero-order valence-corrected chi connectivity index (χ0v) is 14.3. The highest BCUT2D eigenvalue weighted by atomic mass is 79.9. The van der Waals surface area contributed by atoms with Gasteiger partial charge in [0.05, 0.1) is 5.69 Å². The topological polar surface area (TPSA) is 45.7 Å². The van der Waals surface area contributed by atoms with Crippen molar-refractivity contribution in [3.8, 4) is 0 Å². The average molecular weight is 387 g/mol. The molecule has 22 heavy (non-hydrogen) atoms. The Bertz CT molecular complexity index is 664. The molecule has 0 saturated heterocycles. The molecule has 1 amide bonds. The van der Waals surface area contributed by atoms with Gasteiger partial charge >= 0.3 is 0 Å². The minimum Gasteiger partial charge on any atom is -0.333 e. The van der Waals surface area contributed by atoms with Crippen molar-refractivity contribution in [2.45, 2.75) is 13.0 Å². The van der Waals surface area contributed by atoms with Crippen LogP contribution in [0.3, 0.4) is 0 Å². The zero-order chi connectivity index (χ0) is 16.1. The minimum atomic E-state index is -0.464. The van der Waals surface area contributed by atoms with Gasteiger partial charge in [-0.25, -0.2) is 4.39 Å². The first-order valence-electron chi connectivity index (χ1n) is 6.79. The third-order valence-electron chi connectivity index (χ3n) is 3.26. The maximum Gasteiger partial charge on any atom is 0.279 e. The second-order valence-electron chi connectivity index (χ2n) is 4.95. The van der Waals surface area contributed by atoms with Crippen molar-refractivity contribution in [1.29, 1.82) is 0 Å². The van der Waals surface area contributed by atoms with Crippen molar-refractivity contribution in [3.05, 3.63) is 63.3 Å². The fourth-order valence-electron chi connectivity index (χ4n) is 1.98. The van der Waals surface area contributed by atoms with Crippen LogP contribution in [0.25, 0.3) is 0 Å². The zero-order valence-electron chi connectivity index (χ0n) is 11.9. The van der Waals surface area contributed by atoms with E-state index in [0.717, 1.165) is 5.56 Å². The van der Waals surface area contributed by atoms with E-state index in [2.05, 4.69) is 21.2 Å². The predicted molar refractivity (Wildman–Crippen MR) is 89.4 cm³/mol. The molecule has 6 heteroatoms. The van der Waals surface area contributed by atoms with Gasteiger partial charge in [0.2, 0.25) is 0 Å². The molecule has 2 rings (SSSR count). The number of nitrogens with one attached hydrogen (secondary N) is 1. The predicted octanol–water partition coefficient (Wildman–Crippen LogP) is 3.50. The highest BCUT2D eigenvalue weighted by molar-refractivity contribution is 9.10. The second kappa shape index (κ2) is 7.72. The van der Waals surface area contributed by atoms with Crippen molar-refractivity contribution in [3.63, 3.8) is 0 Å². The standard InChI is InChI=1S/C16H15BrClFN2O/c1-10(11-2-5-13(18)6-3-11)20-9-16(22)21-15-7-4-12(17)8-14(15)19/h2-8,10,20H,9H2,1H3,(H,21,22)/p+1/t10-/m1/s1. The Labute approximate surface area is 142 Å². The molecule has 2 aromatic carbocycles. The molecule has 0 fully saturated rings. The lowest BCUT2D eigenvalue weighted by molar-refractivity contribution is -0.682. The van der Waals surface area contributed by atoms with Crippen molar-refractivity contribution < 1.29 is 14.5 Å². The van der Waals surface area contributed by atoms with E-state index in [4.69, 9.17) is 11.6 Å². The van der Waals surface area contributed by atoms with Crippen LogP contribution in [0.15, 0.2) is 46.9 Å². The van der Waals surface area contributed by atoms with E-state index in [0.29, 0.717) is 9.50 Å². The van der Waals surface area contributed by atoms with Gasteiger partial charge in [-0.2, -0.15) is 0 Å². The molecular formula is C16H16BrClFN2O+. The SMILES string of the molecule is C[C@@H]([NH2+]CC(=O)Nc1ccc(Br)cc1F)c1ccc(Cl)cc1. The number of quaternary nitrogens is 1. The van der Waals surface area contributed by atoms with Gasteiger partial charge in [0.1, 0.15) is 11.9 Å². The highest BCUT2D eigenvalue weighted by Crippen LogP contribution is 2.19. The molecule has 0 bridgehead atoms. The molecule has 0 radical (unpaired) electrons. The number of rotatable bonds is 5. The third-order valence-corrected chi connectivity index (χ3v) is 4.00. The van der Waals surface area contributed by atoms with Crippen LogP contribution in [0, 0.1) is 5.82 Å². The van der Waals surface area contributed by atoms with Crippen LogP contribution in [0.1, 0.15) is 18.5 Å². The number of nitrogens with two attached hydrogens (primary N) is 1. The normalized spacial score (nSPS) is 12.0. The lowest BCUT2D eigenvalue weighted by atomic mass is 10.1. The first-order valence-corrected chi connectivity index (χ1v) is 7.96. The number of hydrogen-bond donors (Lipinski definition) is 2. The van der Waals surface area contributed by atoms with Crippen LogP contribution in [-0.2, 0) is 4.79 Å². The number of halogens is 3. The molecule has 0 aliphatic heterocycles. The number of carbonyl (C=O) groups excluding carboxylic acids is 1. The molecule has 0 aliphatic rings. The number of hydrogen-bond acceptors (Lipinski definition) is 1. The van der Waals surface area contributed by atoms with Gasteiger partial charge in [0, 0.05) is 15.1 Å². The molecule has 0 heterocycles. The van der Waals surface area contributed by atoms with Crippen molar-refractivity contribution in [1.82, 2.24) is 0 Å². The molecule has 1 atom stereocenters. The Balaban J connectivity index is 1.88. The van der Waals surface area contributed by atoms with Crippen molar-refractivity contribution in [2.24, 2.45) is 0 Å². The summed E-state index contributed by atoms with van der Waals surface area (Å²) < 4.78 is 14.3. The fourth-order valence-corrected chi connectivity index (χ4v) is 2.44. The van der Waals surface area contributed by atoms with Crippen molar-refractivity contribution >= 4 is 39.1 Å². The molecule has 3 N–H and O–H groups in total. The van der Waals surface area contributed by atoms with Crippen LogP contribution in [0.2, 0.25) is 5.02 Å². The Hall–Kier alpha value is -1.43. The Morgan fingerprint density at radius 1 is 1.32 bits per heavy atom. The Kier molecular flexibility index (Phi) is 5.94. The first kappa shape index (κ1) is 16.9. The molecule has 116 valence electrons. The number of anilines is 1. The van der Waals surface area contributed by atoms with Gasteiger partial charge in [-0.15, -0.1) is 0 Å². The van der Waals surface area contributed by atoms with Crippen LogP contribution in [0.5, 0.6) is 0 Å². The van der Waals surface area contributed by atoms with E-state index in [1.807, 2.05) is 36.5 Å². The summed E-state index contributed by atoms with van der Waals surface area (Å²) in [4.78, 5) is 11.9. The molecule has 0 unspecified atom stereocenters.